The molecule has 0 aliphatic carbocycles. The van der Waals surface area contributed by atoms with Crippen molar-refractivity contribution in [2.75, 3.05) is 6.61 Å². The third-order valence-corrected chi connectivity index (χ3v) is 3.03. The van der Waals surface area contributed by atoms with Crippen molar-refractivity contribution in [1.29, 1.82) is 0 Å². The Labute approximate surface area is 117 Å². The molecular weight excluding hydrogens is 302 g/mol. The van der Waals surface area contributed by atoms with Crippen molar-refractivity contribution in [2.45, 2.75) is 38.2 Å². The number of benzene rings is 1. The molecule has 1 atom stereocenters. The van der Waals surface area contributed by atoms with Crippen molar-refractivity contribution in [3.63, 3.8) is 0 Å². The second-order valence-corrected chi connectivity index (χ2v) is 4.35. The van der Waals surface area contributed by atoms with E-state index in [0.717, 1.165) is 13.0 Å². The number of halogens is 6. The Hall–Kier alpha value is -1.44. The first-order chi connectivity index (χ1) is 9.47. The summed E-state index contributed by atoms with van der Waals surface area (Å²) < 4.78 is 82.1. The average Bonchev–Trinajstić information content (AvgIpc) is 2.36. The Bertz CT molecular complexity index is 494. The van der Waals surface area contributed by atoms with Gasteiger partial charge < -0.3 is 9.84 Å². The Balaban J connectivity index is 3.55. The summed E-state index contributed by atoms with van der Waals surface area (Å²) in [4.78, 5) is 0. The average molecular weight is 316 g/mol. The van der Waals surface area contributed by atoms with Gasteiger partial charge in [0.2, 0.25) is 0 Å². The van der Waals surface area contributed by atoms with Gasteiger partial charge in [-0.2, -0.15) is 26.3 Å². The molecule has 120 valence electrons. The molecule has 0 fully saturated rings. The number of alkyl halides is 6. The molecule has 0 amide bonds. The maximum atomic E-state index is 13.1. The van der Waals surface area contributed by atoms with E-state index in [2.05, 4.69) is 0 Å². The molecular formula is C13H14F6O2. The van der Waals surface area contributed by atoms with Gasteiger partial charge in [0, 0.05) is 5.56 Å². The van der Waals surface area contributed by atoms with Gasteiger partial charge in [0.05, 0.1) is 12.2 Å². The zero-order valence-electron chi connectivity index (χ0n) is 11.3. The summed E-state index contributed by atoms with van der Waals surface area (Å²) in [7, 11) is 0. The van der Waals surface area contributed by atoms with E-state index < -0.39 is 41.3 Å². The van der Waals surface area contributed by atoms with Crippen molar-refractivity contribution >= 4 is 0 Å². The molecule has 0 radical (unpaired) electrons. The maximum Gasteiger partial charge on any atom is 0.421 e. The number of hydrogen-bond acceptors (Lipinski definition) is 2. The monoisotopic (exact) mass is 316 g/mol. The predicted octanol–water partition coefficient (Wildman–Crippen LogP) is 4.26. The molecule has 0 heterocycles. The zero-order chi connectivity index (χ0) is 16.5. The first-order valence-corrected chi connectivity index (χ1v) is 6.11. The fourth-order valence-corrected chi connectivity index (χ4v) is 1.85. The van der Waals surface area contributed by atoms with Gasteiger partial charge in [-0.25, -0.2) is 0 Å². The summed E-state index contributed by atoms with van der Waals surface area (Å²) in [6.45, 7) is 2.46. The first-order valence-electron chi connectivity index (χ1n) is 6.11. The van der Waals surface area contributed by atoms with E-state index in [0.29, 0.717) is 6.07 Å². The summed E-state index contributed by atoms with van der Waals surface area (Å²) in [5.41, 5.74) is -5.62. The van der Waals surface area contributed by atoms with Crippen LogP contribution < -0.4 is 4.74 Å². The van der Waals surface area contributed by atoms with Crippen LogP contribution in [-0.2, 0) is 11.8 Å². The molecule has 1 aromatic rings. The molecule has 0 saturated heterocycles. The molecule has 1 N–H and O–H groups in total. The molecule has 0 aromatic heterocycles. The highest BCUT2D eigenvalue weighted by Gasteiger charge is 2.55. The second kappa shape index (κ2) is 5.75. The van der Waals surface area contributed by atoms with E-state index >= 15 is 0 Å². The summed E-state index contributed by atoms with van der Waals surface area (Å²) in [6, 6.07) is 1.68. The number of rotatable bonds is 4. The number of hydrogen-bond donors (Lipinski definition) is 1. The predicted molar refractivity (Wildman–Crippen MR) is 62.9 cm³/mol. The van der Waals surface area contributed by atoms with Gasteiger partial charge in [0.25, 0.3) is 0 Å². The van der Waals surface area contributed by atoms with E-state index in [4.69, 9.17) is 4.74 Å². The van der Waals surface area contributed by atoms with Crippen LogP contribution >= 0.6 is 0 Å². The first kappa shape index (κ1) is 17.6. The van der Waals surface area contributed by atoms with Crippen molar-refractivity contribution in [2.24, 2.45) is 0 Å². The van der Waals surface area contributed by atoms with Crippen LogP contribution in [0.4, 0.5) is 26.3 Å². The molecule has 2 nitrogen and oxygen atoms in total. The highest BCUT2D eigenvalue weighted by atomic mass is 19.4. The largest absolute Gasteiger partial charge is 0.493 e. The molecule has 1 unspecified atom stereocenters. The fraction of sp³-hybridized carbons (Fsp3) is 0.538. The number of ether oxygens (including phenoxy) is 1. The fourth-order valence-electron chi connectivity index (χ4n) is 1.85. The van der Waals surface area contributed by atoms with Crippen molar-refractivity contribution in [1.82, 2.24) is 0 Å². The SMILES string of the molecule is CCOc1ccc(C(F)(F)F)cc1C(O)(CC)C(F)(F)F. The van der Waals surface area contributed by atoms with Crippen LogP contribution in [0.15, 0.2) is 18.2 Å². The third kappa shape index (κ3) is 3.42. The zero-order valence-corrected chi connectivity index (χ0v) is 11.3. The molecule has 0 saturated carbocycles. The summed E-state index contributed by atoms with van der Waals surface area (Å²) in [6.07, 6.45) is -10.8. The van der Waals surface area contributed by atoms with Crippen molar-refractivity contribution in [3.8, 4) is 5.75 Å². The van der Waals surface area contributed by atoms with Gasteiger partial charge in [-0.3, -0.25) is 0 Å². The lowest BCUT2D eigenvalue weighted by molar-refractivity contribution is -0.268. The summed E-state index contributed by atoms with van der Waals surface area (Å²) in [5.74, 6) is -0.424. The second-order valence-electron chi connectivity index (χ2n) is 4.35. The van der Waals surface area contributed by atoms with Gasteiger partial charge >= 0.3 is 12.4 Å². The third-order valence-electron chi connectivity index (χ3n) is 3.03. The van der Waals surface area contributed by atoms with Crippen LogP contribution in [0.5, 0.6) is 5.75 Å². The molecule has 0 bridgehead atoms. The lowest BCUT2D eigenvalue weighted by atomic mass is 9.88. The molecule has 8 heteroatoms. The van der Waals surface area contributed by atoms with E-state index in [9.17, 15) is 31.4 Å². The van der Waals surface area contributed by atoms with Gasteiger partial charge in [0.1, 0.15) is 5.75 Å². The summed E-state index contributed by atoms with van der Waals surface area (Å²) in [5, 5.41) is 9.85. The van der Waals surface area contributed by atoms with Gasteiger partial charge in [-0.15, -0.1) is 0 Å². The van der Waals surface area contributed by atoms with E-state index in [1.807, 2.05) is 0 Å². The molecule has 0 spiro atoms. The standard InChI is InChI=1S/C13H14F6O2/c1-3-11(20,13(17,18)19)9-7-8(12(14,15)16)5-6-10(9)21-4-2/h5-7,20H,3-4H2,1-2H3. The minimum Gasteiger partial charge on any atom is -0.493 e. The van der Waals surface area contributed by atoms with Crippen LogP contribution in [-0.4, -0.2) is 17.9 Å². The molecule has 0 aliphatic rings. The lowest BCUT2D eigenvalue weighted by Crippen LogP contribution is -2.42. The molecule has 1 rings (SSSR count). The van der Waals surface area contributed by atoms with Crippen molar-refractivity contribution < 1.29 is 36.2 Å². The Morgan fingerprint density at radius 2 is 1.62 bits per heavy atom. The normalized spacial score (nSPS) is 15.7. The van der Waals surface area contributed by atoms with Gasteiger partial charge in [0.15, 0.2) is 5.60 Å². The van der Waals surface area contributed by atoms with Crippen LogP contribution in [0.2, 0.25) is 0 Å². The minimum absolute atomic E-state index is 0.0456. The van der Waals surface area contributed by atoms with Crippen LogP contribution in [0.3, 0.4) is 0 Å². The topological polar surface area (TPSA) is 29.5 Å². The Morgan fingerprint density at radius 1 is 1.05 bits per heavy atom. The highest BCUT2D eigenvalue weighted by Crippen LogP contribution is 2.46. The molecule has 21 heavy (non-hydrogen) atoms. The Kier molecular flexibility index (Phi) is 4.82. The van der Waals surface area contributed by atoms with Gasteiger partial charge in [-0.05, 0) is 31.5 Å². The van der Waals surface area contributed by atoms with Crippen LogP contribution in [0.1, 0.15) is 31.4 Å². The molecule has 0 aliphatic heterocycles. The van der Waals surface area contributed by atoms with E-state index in [1.54, 1.807) is 0 Å². The molecule has 1 aromatic carbocycles. The smallest absolute Gasteiger partial charge is 0.421 e. The Morgan fingerprint density at radius 3 is 2.00 bits per heavy atom. The van der Waals surface area contributed by atoms with Crippen molar-refractivity contribution in [3.05, 3.63) is 29.3 Å². The lowest BCUT2D eigenvalue weighted by Gasteiger charge is -2.31. The minimum atomic E-state index is -5.13. The van der Waals surface area contributed by atoms with Crippen LogP contribution in [0, 0.1) is 0 Å². The highest BCUT2D eigenvalue weighted by molar-refractivity contribution is 5.43. The summed E-state index contributed by atoms with van der Waals surface area (Å²) >= 11 is 0. The van der Waals surface area contributed by atoms with Gasteiger partial charge in [-0.1, -0.05) is 6.92 Å². The quantitative estimate of drug-likeness (QED) is 0.841. The number of aliphatic hydroxyl groups is 1. The van der Waals surface area contributed by atoms with E-state index in [-0.39, 0.29) is 12.7 Å². The van der Waals surface area contributed by atoms with E-state index in [1.165, 1.54) is 6.92 Å². The maximum absolute atomic E-state index is 13.1. The van der Waals surface area contributed by atoms with Crippen LogP contribution in [0.25, 0.3) is 0 Å².